The van der Waals surface area contributed by atoms with Crippen LogP contribution >= 0.6 is 0 Å². The maximum atomic E-state index is 12.9. The highest BCUT2D eigenvalue weighted by molar-refractivity contribution is 6.00. The van der Waals surface area contributed by atoms with Crippen molar-refractivity contribution in [1.82, 2.24) is 4.98 Å². The van der Waals surface area contributed by atoms with Crippen LogP contribution in [-0.2, 0) is 6.18 Å². The minimum Gasteiger partial charge on any atom is -0.366 e. The third-order valence-corrected chi connectivity index (χ3v) is 2.61. The van der Waals surface area contributed by atoms with Crippen molar-refractivity contribution in [2.75, 3.05) is 0 Å². The van der Waals surface area contributed by atoms with Crippen LogP contribution in [0.2, 0.25) is 0 Å². The molecular weight excluding hydrogens is 257 g/mol. The van der Waals surface area contributed by atoms with Gasteiger partial charge in [-0.3, -0.25) is 9.78 Å². The molecule has 6 heteroatoms. The maximum Gasteiger partial charge on any atom is 0.417 e. The largest absolute Gasteiger partial charge is 0.417 e. The lowest BCUT2D eigenvalue weighted by Crippen LogP contribution is -2.14. The number of hydrogen-bond acceptors (Lipinski definition) is 2. The van der Waals surface area contributed by atoms with E-state index in [2.05, 4.69) is 4.98 Å². The van der Waals surface area contributed by atoms with E-state index in [1.165, 1.54) is 24.3 Å². The van der Waals surface area contributed by atoms with Gasteiger partial charge in [0.15, 0.2) is 0 Å². The molecule has 1 heterocycles. The molecule has 0 aliphatic carbocycles. The molecule has 0 saturated carbocycles. The molecule has 98 valence electrons. The molecule has 0 aliphatic rings. The van der Waals surface area contributed by atoms with E-state index in [1.807, 2.05) is 0 Å². The van der Waals surface area contributed by atoms with Gasteiger partial charge in [0.25, 0.3) is 0 Å². The highest BCUT2D eigenvalue weighted by atomic mass is 19.4. The third-order valence-electron chi connectivity index (χ3n) is 2.61. The number of carbonyl (C=O) groups excluding carboxylic acids is 1. The van der Waals surface area contributed by atoms with Gasteiger partial charge in [0.1, 0.15) is 0 Å². The number of aromatic nitrogens is 1. The number of nitrogens with zero attached hydrogens (tertiary/aromatic N) is 1. The van der Waals surface area contributed by atoms with Crippen LogP contribution < -0.4 is 5.73 Å². The first kappa shape index (κ1) is 13.1. The molecular formula is C13H9F3N2O. The van der Waals surface area contributed by atoms with Crippen LogP contribution in [-0.4, -0.2) is 10.9 Å². The highest BCUT2D eigenvalue weighted by Gasteiger charge is 2.34. The zero-order chi connectivity index (χ0) is 14.0. The SMILES string of the molecule is NC(=O)c1ccccc1-c1cnccc1C(F)(F)F. The Bertz CT molecular complexity index is 623. The Morgan fingerprint density at radius 1 is 1.11 bits per heavy atom. The second-order valence-electron chi connectivity index (χ2n) is 3.83. The first-order valence-corrected chi connectivity index (χ1v) is 5.31. The van der Waals surface area contributed by atoms with Crippen LogP contribution in [0.5, 0.6) is 0 Å². The van der Waals surface area contributed by atoms with E-state index in [0.717, 1.165) is 18.5 Å². The summed E-state index contributed by atoms with van der Waals surface area (Å²) in [5.74, 6) is -0.785. The van der Waals surface area contributed by atoms with Crippen molar-refractivity contribution >= 4 is 5.91 Å². The maximum absolute atomic E-state index is 12.9. The van der Waals surface area contributed by atoms with Crippen molar-refractivity contribution in [3.63, 3.8) is 0 Å². The van der Waals surface area contributed by atoms with Gasteiger partial charge in [-0.2, -0.15) is 13.2 Å². The van der Waals surface area contributed by atoms with Gasteiger partial charge in [0.05, 0.1) is 5.56 Å². The molecule has 0 radical (unpaired) electrons. The Hall–Kier alpha value is -2.37. The molecule has 0 spiro atoms. The molecule has 2 aromatic rings. The lowest BCUT2D eigenvalue weighted by molar-refractivity contribution is -0.137. The van der Waals surface area contributed by atoms with Crippen LogP contribution in [0.3, 0.4) is 0 Å². The molecule has 0 aliphatic heterocycles. The van der Waals surface area contributed by atoms with Gasteiger partial charge in [-0.25, -0.2) is 0 Å². The summed E-state index contributed by atoms with van der Waals surface area (Å²) in [5.41, 5.74) is 4.31. The Morgan fingerprint density at radius 3 is 2.42 bits per heavy atom. The summed E-state index contributed by atoms with van der Waals surface area (Å²) in [7, 11) is 0. The summed E-state index contributed by atoms with van der Waals surface area (Å²) in [5, 5.41) is 0. The van der Waals surface area contributed by atoms with Crippen molar-refractivity contribution in [3.05, 3.63) is 53.9 Å². The van der Waals surface area contributed by atoms with Gasteiger partial charge in [-0.15, -0.1) is 0 Å². The van der Waals surface area contributed by atoms with E-state index >= 15 is 0 Å². The normalized spacial score (nSPS) is 11.3. The van der Waals surface area contributed by atoms with Crippen molar-refractivity contribution < 1.29 is 18.0 Å². The van der Waals surface area contributed by atoms with E-state index in [0.29, 0.717) is 0 Å². The fourth-order valence-corrected chi connectivity index (χ4v) is 1.79. The first-order valence-electron chi connectivity index (χ1n) is 5.31. The number of primary amides is 1. The van der Waals surface area contributed by atoms with Crippen molar-refractivity contribution in [3.8, 4) is 11.1 Å². The summed E-state index contributed by atoms with van der Waals surface area (Å²) in [6.07, 6.45) is -2.40. The number of benzene rings is 1. The number of alkyl halides is 3. The second kappa shape index (κ2) is 4.72. The molecule has 0 fully saturated rings. The lowest BCUT2D eigenvalue weighted by atomic mass is 9.96. The summed E-state index contributed by atoms with van der Waals surface area (Å²) in [6, 6.07) is 6.73. The third kappa shape index (κ3) is 2.57. The van der Waals surface area contributed by atoms with Crippen molar-refractivity contribution in [1.29, 1.82) is 0 Å². The van der Waals surface area contributed by atoms with Gasteiger partial charge < -0.3 is 5.73 Å². The van der Waals surface area contributed by atoms with E-state index < -0.39 is 17.6 Å². The molecule has 0 unspecified atom stereocenters. The predicted molar refractivity (Wildman–Crippen MR) is 63.2 cm³/mol. The Kier molecular flexibility index (Phi) is 3.25. The molecule has 1 aromatic heterocycles. The molecule has 0 saturated heterocycles. The molecule has 19 heavy (non-hydrogen) atoms. The molecule has 1 aromatic carbocycles. The minimum absolute atomic E-state index is 0.0287. The van der Waals surface area contributed by atoms with Crippen LogP contribution in [0.15, 0.2) is 42.7 Å². The number of pyridine rings is 1. The fourth-order valence-electron chi connectivity index (χ4n) is 1.79. The molecule has 2 N–H and O–H groups in total. The van der Waals surface area contributed by atoms with E-state index in [-0.39, 0.29) is 16.7 Å². The van der Waals surface area contributed by atoms with E-state index in [1.54, 1.807) is 0 Å². The number of nitrogens with two attached hydrogens (primary N) is 1. The fraction of sp³-hybridized carbons (Fsp3) is 0.0769. The van der Waals surface area contributed by atoms with Crippen LogP contribution in [0.4, 0.5) is 13.2 Å². The van der Waals surface area contributed by atoms with Crippen molar-refractivity contribution in [2.24, 2.45) is 5.73 Å². The molecule has 0 bridgehead atoms. The first-order chi connectivity index (χ1) is 8.91. The predicted octanol–water partition coefficient (Wildman–Crippen LogP) is 2.87. The zero-order valence-electron chi connectivity index (χ0n) is 9.61. The average Bonchev–Trinajstić information content (AvgIpc) is 2.37. The van der Waals surface area contributed by atoms with Gasteiger partial charge >= 0.3 is 6.18 Å². The highest BCUT2D eigenvalue weighted by Crippen LogP contribution is 2.37. The number of amides is 1. The van der Waals surface area contributed by atoms with E-state index in [9.17, 15) is 18.0 Å². The molecule has 1 amide bonds. The van der Waals surface area contributed by atoms with Gasteiger partial charge in [-0.1, -0.05) is 18.2 Å². The van der Waals surface area contributed by atoms with Gasteiger partial charge in [-0.05, 0) is 17.7 Å². The molecule has 0 atom stereocenters. The minimum atomic E-state index is -4.52. The van der Waals surface area contributed by atoms with Crippen LogP contribution in [0, 0.1) is 0 Å². The van der Waals surface area contributed by atoms with E-state index in [4.69, 9.17) is 5.73 Å². The number of rotatable bonds is 2. The van der Waals surface area contributed by atoms with Crippen LogP contribution in [0.1, 0.15) is 15.9 Å². The summed E-state index contributed by atoms with van der Waals surface area (Å²) in [6.45, 7) is 0. The quantitative estimate of drug-likeness (QED) is 0.908. The number of carbonyl (C=O) groups is 1. The Labute approximate surface area is 106 Å². The molecule has 3 nitrogen and oxygen atoms in total. The second-order valence-corrected chi connectivity index (χ2v) is 3.83. The number of hydrogen-bond donors (Lipinski definition) is 1. The number of halogens is 3. The smallest absolute Gasteiger partial charge is 0.366 e. The zero-order valence-corrected chi connectivity index (χ0v) is 9.61. The molecule has 2 rings (SSSR count). The Balaban J connectivity index is 2.70. The standard InChI is InChI=1S/C13H9F3N2O/c14-13(15,16)11-5-6-18-7-10(11)8-3-1-2-4-9(8)12(17)19/h1-7H,(H2,17,19). The monoisotopic (exact) mass is 266 g/mol. The summed E-state index contributed by atoms with van der Waals surface area (Å²) in [4.78, 5) is 15.0. The Morgan fingerprint density at radius 2 is 1.79 bits per heavy atom. The van der Waals surface area contributed by atoms with Crippen molar-refractivity contribution in [2.45, 2.75) is 6.18 Å². The van der Waals surface area contributed by atoms with Crippen LogP contribution in [0.25, 0.3) is 11.1 Å². The summed E-state index contributed by atoms with van der Waals surface area (Å²) >= 11 is 0. The topological polar surface area (TPSA) is 56.0 Å². The lowest BCUT2D eigenvalue weighted by Gasteiger charge is -2.13. The van der Waals surface area contributed by atoms with Gasteiger partial charge in [0.2, 0.25) is 5.91 Å². The van der Waals surface area contributed by atoms with Gasteiger partial charge in [0, 0.05) is 23.5 Å². The summed E-state index contributed by atoms with van der Waals surface area (Å²) < 4.78 is 38.8. The average molecular weight is 266 g/mol.